The molecule has 5 nitrogen and oxygen atoms in total. The summed E-state index contributed by atoms with van der Waals surface area (Å²) in [6.45, 7) is 1.95. The van der Waals surface area contributed by atoms with Crippen LogP contribution >= 0.6 is 11.3 Å². The van der Waals surface area contributed by atoms with Crippen molar-refractivity contribution in [2.24, 2.45) is 5.92 Å². The Morgan fingerprint density at radius 1 is 1.28 bits per heavy atom. The highest BCUT2D eigenvalue weighted by Gasteiger charge is 2.33. The fraction of sp³-hybridized carbons (Fsp3) is 0.750. The third-order valence-corrected chi connectivity index (χ3v) is 5.14. The molecule has 2 aliphatic rings. The lowest BCUT2D eigenvalue weighted by Gasteiger charge is -2.28. The summed E-state index contributed by atoms with van der Waals surface area (Å²) < 4.78 is 1.87. The molecular formula is C12H17N5S. The highest BCUT2D eigenvalue weighted by molar-refractivity contribution is 7.16. The summed E-state index contributed by atoms with van der Waals surface area (Å²) >= 11 is 1.69. The van der Waals surface area contributed by atoms with Crippen molar-refractivity contribution >= 4 is 16.3 Å². The maximum Gasteiger partial charge on any atom is 0.234 e. The Balaban J connectivity index is 1.53. The third kappa shape index (κ3) is 1.75. The summed E-state index contributed by atoms with van der Waals surface area (Å²) in [5.41, 5.74) is 0. The summed E-state index contributed by atoms with van der Waals surface area (Å²) in [6.07, 6.45) is 6.48. The topological polar surface area (TPSA) is 55.1 Å². The lowest BCUT2D eigenvalue weighted by molar-refractivity contribution is 0.298. The van der Waals surface area contributed by atoms with Gasteiger partial charge in [0, 0.05) is 18.5 Å². The van der Waals surface area contributed by atoms with Gasteiger partial charge in [-0.05, 0) is 38.5 Å². The number of nitrogens with one attached hydrogen (secondary N) is 1. The van der Waals surface area contributed by atoms with Gasteiger partial charge in [-0.2, -0.15) is 9.61 Å². The molecule has 2 bridgehead atoms. The van der Waals surface area contributed by atoms with Crippen molar-refractivity contribution < 1.29 is 0 Å². The molecule has 2 aromatic heterocycles. The molecular weight excluding hydrogens is 246 g/mol. The number of nitrogens with zero attached hydrogens (tertiary/aromatic N) is 4. The second-order valence-electron chi connectivity index (χ2n) is 5.62. The van der Waals surface area contributed by atoms with Crippen LogP contribution in [0.1, 0.15) is 36.5 Å². The Morgan fingerprint density at radius 3 is 2.78 bits per heavy atom. The molecule has 6 heteroatoms. The Hall–Kier alpha value is -1.01. The van der Waals surface area contributed by atoms with Crippen LogP contribution in [0.5, 0.6) is 0 Å². The lowest BCUT2D eigenvalue weighted by atomic mass is 9.90. The minimum Gasteiger partial charge on any atom is -0.311 e. The van der Waals surface area contributed by atoms with Crippen LogP contribution in [0.4, 0.5) is 0 Å². The van der Waals surface area contributed by atoms with Gasteiger partial charge < -0.3 is 5.32 Å². The summed E-state index contributed by atoms with van der Waals surface area (Å²) in [5, 5.41) is 17.7. The molecule has 0 saturated carbocycles. The number of aryl methyl sites for hydroxylation is 1. The van der Waals surface area contributed by atoms with Gasteiger partial charge in [-0.3, -0.25) is 0 Å². The second kappa shape index (κ2) is 3.99. The Kier molecular flexibility index (Phi) is 2.41. The summed E-state index contributed by atoms with van der Waals surface area (Å²) in [6, 6.07) is 1.53. The van der Waals surface area contributed by atoms with Gasteiger partial charge in [0.25, 0.3) is 0 Å². The van der Waals surface area contributed by atoms with Crippen molar-refractivity contribution in [2.75, 3.05) is 0 Å². The number of hydrogen-bond donors (Lipinski definition) is 1. The first kappa shape index (κ1) is 10.9. The van der Waals surface area contributed by atoms with E-state index in [1.54, 1.807) is 11.3 Å². The van der Waals surface area contributed by atoms with E-state index in [9.17, 15) is 0 Å². The first-order valence-electron chi connectivity index (χ1n) is 6.71. The number of rotatable bonds is 2. The summed E-state index contributed by atoms with van der Waals surface area (Å²) in [7, 11) is 0. The van der Waals surface area contributed by atoms with Crippen LogP contribution in [-0.4, -0.2) is 31.9 Å². The van der Waals surface area contributed by atoms with Crippen LogP contribution in [0.2, 0.25) is 0 Å². The zero-order chi connectivity index (χ0) is 12.1. The maximum atomic E-state index is 4.63. The van der Waals surface area contributed by atoms with Gasteiger partial charge in [-0.1, -0.05) is 11.3 Å². The smallest absolute Gasteiger partial charge is 0.234 e. The monoisotopic (exact) mass is 263 g/mol. The van der Waals surface area contributed by atoms with Crippen molar-refractivity contribution in [3.63, 3.8) is 0 Å². The quantitative estimate of drug-likeness (QED) is 0.893. The predicted octanol–water partition coefficient (Wildman–Crippen LogP) is 1.57. The molecule has 2 saturated heterocycles. The summed E-state index contributed by atoms with van der Waals surface area (Å²) in [4.78, 5) is 0.930. The molecule has 1 N–H and O–H groups in total. The number of piperidine rings is 1. The van der Waals surface area contributed by atoms with E-state index in [0.29, 0.717) is 0 Å². The van der Waals surface area contributed by atoms with Gasteiger partial charge in [-0.15, -0.1) is 10.2 Å². The zero-order valence-corrected chi connectivity index (χ0v) is 11.3. The number of aromatic nitrogens is 4. The van der Waals surface area contributed by atoms with Gasteiger partial charge in [0.2, 0.25) is 4.96 Å². The number of fused-ring (bicyclic) bond motifs is 3. The third-order valence-electron chi connectivity index (χ3n) is 4.22. The van der Waals surface area contributed by atoms with Crippen molar-refractivity contribution in [1.29, 1.82) is 0 Å². The van der Waals surface area contributed by atoms with Gasteiger partial charge in [-0.25, -0.2) is 0 Å². The van der Waals surface area contributed by atoms with E-state index in [-0.39, 0.29) is 0 Å². The van der Waals surface area contributed by atoms with Crippen molar-refractivity contribution in [1.82, 2.24) is 25.1 Å². The van der Waals surface area contributed by atoms with Crippen molar-refractivity contribution in [2.45, 2.75) is 51.1 Å². The van der Waals surface area contributed by atoms with E-state index in [4.69, 9.17) is 0 Å². The van der Waals surface area contributed by atoms with E-state index in [1.807, 2.05) is 11.4 Å². The molecule has 0 amide bonds. The minimum absolute atomic E-state index is 0.765. The predicted molar refractivity (Wildman–Crippen MR) is 69.8 cm³/mol. The van der Waals surface area contributed by atoms with Crippen LogP contribution in [0, 0.1) is 12.8 Å². The molecule has 4 rings (SSSR count). The molecule has 18 heavy (non-hydrogen) atoms. The van der Waals surface area contributed by atoms with Crippen LogP contribution < -0.4 is 5.32 Å². The fourth-order valence-corrected chi connectivity index (χ4v) is 4.42. The van der Waals surface area contributed by atoms with E-state index >= 15 is 0 Å². The highest BCUT2D eigenvalue weighted by atomic mass is 32.1. The lowest BCUT2D eigenvalue weighted by Crippen LogP contribution is -2.38. The minimum atomic E-state index is 0.765. The molecule has 96 valence electrons. The molecule has 0 aromatic carbocycles. The van der Waals surface area contributed by atoms with Gasteiger partial charge in [0.1, 0.15) is 5.01 Å². The zero-order valence-electron chi connectivity index (χ0n) is 10.5. The van der Waals surface area contributed by atoms with Crippen LogP contribution in [0.15, 0.2) is 0 Å². The van der Waals surface area contributed by atoms with E-state index in [2.05, 4.69) is 20.6 Å². The van der Waals surface area contributed by atoms with Crippen molar-refractivity contribution in [3.05, 3.63) is 10.8 Å². The first-order valence-corrected chi connectivity index (χ1v) is 7.53. The van der Waals surface area contributed by atoms with E-state index < -0.39 is 0 Å². The Morgan fingerprint density at radius 2 is 2.06 bits per heavy atom. The molecule has 4 heterocycles. The van der Waals surface area contributed by atoms with Crippen LogP contribution in [0.25, 0.3) is 4.96 Å². The van der Waals surface area contributed by atoms with Gasteiger partial charge >= 0.3 is 0 Å². The molecule has 2 aromatic rings. The fourth-order valence-electron chi connectivity index (χ4n) is 3.43. The molecule has 0 aliphatic carbocycles. The standard InChI is InChI=1S/C12H17N5S/c1-7-14-15-12-17(7)16-11(18-12)6-8-4-9-2-3-10(5-8)13-9/h8-10,13H,2-6H2,1H3. The SMILES string of the molecule is Cc1nnc2sc(CC3CC4CCC(C3)N4)nn12. The van der Waals surface area contributed by atoms with Crippen LogP contribution in [0.3, 0.4) is 0 Å². The van der Waals surface area contributed by atoms with Gasteiger partial charge in [0.15, 0.2) is 5.82 Å². The highest BCUT2D eigenvalue weighted by Crippen LogP contribution is 2.33. The Bertz CT molecular complexity index is 562. The molecule has 2 fully saturated rings. The average Bonchev–Trinajstić information content (AvgIpc) is 2.98. The van der Waals surface area contributed by atoms with Gasteiger partial charge in [0.05, 0.1) is 0 Å². The molecule has 2 unspecified atom stereocenters. The number of hydrogen-bond acceptors (Lipinski definition) is 5. The summed E-state index contributed by atoms with van der Waals surface area (Å²) in [5.74, 6) is 1.69. The molecule has 0 radical (unpaired) electrons. The average molecular weight is 263 g/mol. The molecule has 2 atom stereocenters. The van der Waals surface area contributed by atoms with E-state index in [1.165, 1.54) is 30.7 Å². The normalized spacial score (nSPS) is 31.3. The molecule has 0 spiro atoms. The Labute approximate surface area is 110 Å². The van der Waals surface area contributed by atoms with Crippen molar-refractivity contribution in [3.8, 4) is 0 Å². The first-order chi connectivity index (χ1) is 8.78. The largest absolute Gasteiger partial charge is 0.311 e. The van der Waals surface area contributed by atoms with E-state index in [0.717, 1.165) is 35.2 Å². The second-order valence-corrected chi connectivity index (χ2v) is 6.66. The molecule has 2 aliphatic heterocycles. The van der Waals surface area contributed by atoms with Crippen LogP contribution in [-0.2, 0) is 6.42 Å². The maximum absolute atomic E-state index is 4.63.